The standard InChI is InChI=1S/C13H7Cl4NO2/c14-8-2-1-7(12(16)13(8)17)6-3-9(15)10(18-5-6)4-11(19)20/h1-3,5H,4H2,(H,19,20). The molecule has 1 N–H and O–H groups in total. The first-order chi connectivity index (χ1) is 9.40. The van der Waals surface area contributed by atoms with Gasteiger partial charge in [0.15, 0.2) is 0 Å². The van der Waals surface area contributed by atoms with E-state index in [9.17, 15) is 4.79 Å². The largest absolute Gasteiger partial charge is 0.481 e. The number of rotatable bonds is 3. The summed E-state index contributed by atoms with van der Waals surface area (Å²) in [6.07, 6.45) is 1.25. The lowest BCUT2D eigenvalue weighted by Gasteiger charge is -2.09. The number of aromatic nitrogens is 1. The van der Waals surface area contributed by atoms with Crippen LogP contribution < -0.4 is 0 Å². The highest BCUT2D eigenvalue weighted by Crippen LogP contribution is 2.38. The zero-order valence-corrected chi connectivity index (χ0v) is 12.9. The van der Waals surface area contributed by atoms with E-state index in [1.165, 1.54) is 6.20 Å². The molecule has 1 heterocycles. The number of carbonyl (C=O) groups is 1. The van der Waals surface area contributed by atoms with Crippen molar-refractivity contribution in [1.29, 1.82) is 0 Å². The van der Waals surface area contributed by atoms with Crippen molar-refractivity contribution in [1.82, 2.24) is 4.98 Å². The van der Waals surface area contributed by atoms with E-state index in [4.69, 9.17) is 51.5 Å². The Kier molecular flexibility index (Phi) is 4.76. The predicted molar refractivity (Wildman–Crippen MR) is 81.1 cm³/mol. The molecule has 0 saturated carbocycles. The van der Waals surface area contributed by atoms with E-state index in [2.05, 4.69) is 4.98 Å². The van der Waals surface area contributed by atoms with Crippen LogP contribution in [0.2, 0.25) is 20.1 Å². The molecule has 0 bridgehead atoms. The molecule has 104 valence electrons. The van der Waals surface area contributed by atoms with Gasteiger partial charge < -0.3 is 5.11 Å². The second kappa shape index (κ2) is 6.19. The van der Waals surface area contributed by atoms with Gasteiger partial charge in [0.05, 0.1) is 32.2 Å². The molecule has 0 radical (unpaired) electrons. The van der Waals surface area contributed by atoms with Gasteiger partial charge in [-0.15, -0.1) is 0 Å². The summed E-state index contributed by atoms with van der Waals surface area (Å²) in [4.78, 5) is 14.7. The van der Waals surface area contributed by atoms with Crippen LogP contribution in [0.5, 0.6) is 0 Å². The normalized spacial score (nSPS) is 10.6. The van der Waals surface area contributed by atoms with Crippen LogP contribution in [-0.4, -0.2) is 16.1 Å². The summed E-state index contributed by atoms with van der Waals surface area (Å²) in [6.45, 7) is 0. The molecule has 7 heteroatoms. The van der Waals surface area contributed by atoms with Crippen LogP contribution in [0.1, 0.15) is 5.69 Å². The number of halogens is 4. The molecule has 20 heavy (non-hydrogen) atoms. The topological polar surface area (TPSA) is 50.2 Å². The molecule has 0 aliphatic rings. The number of carboxylic acids is 1. The van der Waals surface area contributed by atoms with Crippen LogP contribution in [0.3, 0.4) is 0 Å². The number of hydrogen-bond acceptors (Lipinski definition) is 2. The van der Waals surface area contributed by atoms with Gasteiger partial charge in [-0.25, -0.2) is 0 Å². The van der Waals surface area contributed by atoms with E-state index < -0.39 is 5.97 Å². The molecule has 0 unspecified atom stereocenters. The van der Waals surface area contributed by atoms with Crippen molar-refractivity contribution < 1.29 is 9.90 Å². The Morgan fingerprint density at radius 1 is 1.10 bits per heavy atom. The Hall–Kier alpha value is -1.000. The first-order valence-electron chi connectivity index (χ1n) is 5.40. The summed E-state index contributed by atoms with van der Waals surface area (Å²) >= 11 is 24.0. The van der Waals surface area contributed by atoms with Gasteiger partial charge in [-0.2, -0.15) is 0 Å². The van der Waals surface area contributed by atoms with Crippen molar-refractivity contribution in [3.05, 3.63) is 50.2 Å². The van der Waals surface area contributed by atoms with Gasteiger partial charge in [0.25, 0.3) is 0 Å². The fourth-order valence-electron chi connectivity index (χ4n) is 1.64. The van der Waals surface area contributed by atoms with Gasteiger partial charge >= 0.3 is 5.97 Å². The van der Waals surface area contributed by atoms with E-state index in [0.717, 1.165) is 0 Å². The third-order valence-electron chi connectivity index (χ3n) is 2.58. The second-order valence-corrected chi connectivity index (χ2v) is 5.52. The van der Waals surface area contributed by atoms with Gasteiger partial charge in [-0.3, -0.25) is 9.78 Å². The third-order valence-corrected chi connectivity index (χ3v) is 4.20. The van der Waals surface area contributed by atoms with Crippen LogP contribution in [-0.2, 0) is 11.2 Å². The SMILES string of the molecule is O=C(O)Cc1ncc(-c2ccc(Cl)c(Cl)c2Cl)cc1Cl. The summed E-state index contributed by atoms with van der Waals surface area (Å²) in [5, 5.41) is 9.88. The fraction of sp³-hybridized carbons (Fsp3) is 0.0769. The molecule has 0 spiro atoms. The smallest absolute Gasteiger partial charge is 0.309 e. The van der Waals surface area contributed by atoms with E-state index in [1.54, 1.807) is 18.2 Å². The van der Waals surface area contributed by atoms with Gasteiger partial charge in [0.1, 0.15) is 0 Å². The average molecular weight is 351 g/mol. The number of pyridine rings is 1. The lowest BCUT2D eigenvalue weighted by molar-refractivity contribution is -0.136. The highest BCUT2D eigenvalue weighted by atomic mass is 35.5. The summed E-state index contributed by atoms with van der Waals surface area (Å²) in [5.74, 6) is -1.00. The number of carboxylic acid groups (broad SMARTS) is 1. The molecule has 2 rings (SSSR count). The van der Waals surface area contributed by atoms with Crippen LogP contribution in [0.25, 0.3) is 11.1 Å². The Balaban J connectivity index is 2.47. The summed E-state index contributed by atoms with van der Waals surface area (Å²) in [7, 11) is 0. The minimum atomic E-state index is -1.00. The van der Waals surface area contributed by atoms with Gasteiger partial charge in [-0.1, -0.05) is 52.5 Å². The quantitative estimate of drug-likeness (QED) is 0.793. The van der Waals surface area contributed by atoms with Crippen molar-refractivity contribution in [2.75, 3.05) is 0 Å². The van der Waals surface area contributed by atoms with E-state index in [0.29, 0.717) is 26.9 Å². The lowest BCUT2D eigenvalue weighted by atomic mass is 10.1. The van der Waals surface area contributed by atoms with Crippen LogP contribution >= 0.6 is 46.4 Å². The van der Waals surface area contributed by atoms with Crippen LogP contribution in [0, 0.1) is 0 Å². The fourth-order valence-corrected chi connectivity index (χ4v) is 2.51. The molecule has 0 amide bonds. The summed E-state index contributed by atoms with van der Waals surface area (Å²) in [6, 6.07) is 4.91. The monoisotopic (exact) mass is 349 g/mol. The number of benzene rings is 1. The van der Waals surface area contributed by atoms with Crippen LogP contribution in [0.15, 0.2) is 24.4 Å². The van der Waals surface area contributed by atoms with Crippen molar-refractivity contribution in [2.45, 2.75) is 6.42 Å². The Bertz CT molecular complexity index is 688. The summed E-state index contributed by atoms with van der Waals surface area (Å²) in [5.41, 5.74) is 1.55. The van der Waals surface area contributed by atoms with E-state index in [-0.39, 0.29) is 16.5 Å². The average Bonchev–Trinajstić information content (AvgIpc) is 2.38. The first-order valence-corrected chi connectivity index (χ1v) is 6.91. The molecule has 1 aromatic heterocycles. The predicted octanol–water partition coefficient (Wildman–Crippen LogP) is 4.99. The molecule has 0 saturated heterocycles. The van der Waals surface area contributed by atoms with E-state index in [1.807, 2.05) is 0 Å². The number of aliphatic carboxylic acids is 1. The van der Waals surface area contributed by atoms with Gasteiger partial charge in [0.2, 0.25) is 0 Å². The second-order valence-electron chi connectivity index (χ2n) is 3.95. The maximum Gasteiger partial charge on any atom is 0.309 e. The number of hydrogen-bond donors (Lipinski definition) is 1. The Morgan fingerprint density at radius 2 is 1.80 bits per heavy atom. The maximum atomic E-state index is 10.7. The van der Waals surface area contributed by atoms with Crippen LogP contribution in [0.4, 0.5) is 0 Å². The zero-order valence-electron chi connectivity index (χ0n) is 9.83. The first kappa shape index (κ1) is 15.4. The third kappa shape index (κ3) is 3.18. The van der Waals surface area contributed by atoms with Crippen molar-refractivity contribution in [2.24, 2.45) is 0 Å². The molecule has 0 fully saturated rings. The zero-order chi connectivity index (χ0) is 14.9. The Morgan fingerprint density at radius 3 is 2.40 bits per heavy atom. The molecule has 2 aromatic rings. The molecular weight excluding hydrogens is 344 g/mol. The molecule has 0 atom stereocenters. The van der Waals surface area contributed by atoms with Gasteiger partial charge in [0, 0.05) is 17.3 Å². The molecule has 0 aliphatic heterocycles. The molecule has 0 aliphatic carbocycles. The number of nitrogens with zero attached hydrogens (tertiary/aromatic N) is 1. The molecule has 3 nitrogen and oxygen atoms in total. The lowest BCUT2D eigenvalue weighted by Crippen LogP contribution is -2.03. The minimum absolute atomic E-state index is 0.242. The Labute approximate surface area is 135 Å². The van der Waals surface area contributed by atoms with Crippen molar-refractivity contribution >= 4 is 52.4 Å². The highest BCUT2D eigenvalue weighted by molar-refractivity contribution is 6.49. The van der Waals surface area contributed by atoms with E-state index >= 15 is 0 Å². The molecular formula is C13H7Cl4NO2. The minimum Gasteiger partial charge on any atom is -0.481 e. The van der Waals surface area contributed by atoms with Gasteiger partial charge in [-0.05, 0) is 12.1 Å². The van der Waals surface area contributed by atoms with Crippen molar-refractivity contribution in [3.63, 3.8) is 0 Å². The van der Waals surface area contributed by atoms with Crippen molar-refractivity contribution in [3.8, 4) is 11.1 Å². The molecule has 1 aromatic carbocycles. The maximum absolute atomic E-state index is 10.7. The summed E-state index contributed by atoms with van der Waals surface area (Å²) < 4.78 is 0. The highest BCUT2D eigenvalue weighted by Gasteiger charge is 2.13.